The van der Waals surface area contributed by atoms with Gasteiger partial charge in [-0.1, -0.05) is 6.08 Å². The smallest absolute Gasteiger partial charge is 0.178 e. The summed E-state index contributed by atoms with van der Waals surface area (Å²) in [5.41, 5.74) is 1.72. The highest BCUT2D eigenvalue weighted by Gasteiger charge is 2.08. The molecule has 0 aliphatic carbocycles. The lowest BCUT2D eigenvalue weighted by atomic mass is 10.3. The topological polar surface area (TPSA) is 20.7 Å². The quantitative estimate of drug-likeness (QED) is 0.352. The summed E-state index contributed by atoms with van der Waals surface area (Å²) >= 11 is 9.03. The standard InChI is InChI=1S/C12H12FIN2S2/c1-2-4-18-5-3-16-11-6-8(13)9(14)7-10(11)15-12(16)17/h2,6-7H,1,3-5H2,(H,15,17). The van der Waals surface area contributed by atoms with Gasteiger partial charge in [0, 0.05) is 24.1 Å². The van der Waals surface area contributed by atoms with Crippen molar-refractivity contribution in [1.82, 2.24) is 9.55 Å². The number of aryl methyl sites for hydroxylation is 1. The summed E-state index contributed by atoms with van der Waals surface area (Å²) < 4.78 is 16.8. The van der Waals surface area contributed by atoms with Crippen molar-refractivity contribution in [2.24, 2.45) is 0 Å². The third kappa shape index (κ3) is 2.97. The summed E-state index contributed by atoms with van der Waals surface area (Å²) in [6, 6.07) is 3.33. The average Bonchev–Trinajstić information content (AvgIpc) is 2.62. The fourth-order valence-corrected chi connectivity index (χ4v) is 3.11. The number of H-pyrrole nitrogens is 1. The van der Waals surface area contributed by atoms with E-state index in [0.717, 1.165) is 29.1 Å². The summed E-state index contributed by atoms with van der Waals surface area (Å²) in [5, 5.41) is 0. The van der Waals surface area contributed by atoms with Crippen molar-refractivity contribution in [3.05, 3.63) is 38.9 Å². The van der Waals surface area contributed by atoms with E-state index in [4.69, 9.17) is 12.2 Å². The van der Waals surface area contributed by atoms with E-state index < -0.39 is 0 Å². The van der Waals surface area contributed by atoms with Gasteiger partial charge in [-0.15, -0.1) is 6.58 Å². The molecule has 0 atom stereocenters. The van der Waals surface area contributed by atoms with Gasteiger partial charge in [0.15, 0.2) is 4.77 Å². The molecule has 0 aliphatic heterocycles. The van der Waals surface area contributed by atoms with Crippen molar-refractivity contribution < 1.29 is 4.39 Å². The van der Waals surface area contributed by atoms with Gasteiger partial charge in [0.1, 0.15) is 5.82 Å². The summed E-state index contributed by atoms with van der Waals surface area (Å²) in [4.78, 5) is 3.11. The molecule has 0 bridgehead atoms. The molecule has 0 aliphatic rings. The van der Waals surface area contributed by atoms with Gasteiger partial charge in [-0.05, 0) is 40.9 Å². The Labute approximate surface area is 128 Å². The second-order valence-corrected chi connectivity index (χ2v) is 6.43. The van der Waals surface area contributed by atoms with Gasteiger partial charge in [0.2, 0.25) is 0 Å². The van der Waals surface area contributed by atoms with E-state index in [2.05, 4.69) is 11.6 Å². The van der Waals surface area contributed by atoms with E-state index in [1.807, 2.05) is 33.2 Å². The molecule has 0 saturated heterocycles. The van der Waals surface area contributed by atoms with Crippen LogP contribution in [0.1, 0.15) is 0 Å². The van der Waals surface area contributed by atoms with Crippen molar-refractivity contribution in [3.8, 4) is 0 Å². The molecule has 1 aromatic carbocycles. The molecule has 6 heteroatoms. The second kappa shape index (κ2) is 6.21. The number of thioether (sulfide) groups is 1. The van der Waals surface area contributed by atoms with Crippen LogP contribution in [-0.2, 0) is 6.54 Å². The minimum absolute atomic E-state index is 0.204. The van der Waals surface area contributed by atoms with Crippen LogP contribution < -0.4 is 0 Å². The van der Waals surface area contributed by atoms with Crippen molar-refractivity contribution in [2.75, 3.05) is 11.5 Å². The van der Waals surface area contributed by atoms with Crippen molar-refractivity contribution in [3.63, 3.8) is 0 Å². The number of rotatable bonds is 5. The number of nitrogens with zero attached hydrogens (tertiary/aromatic N) is 1. The molecule has 2 aromatic rings. The molecule has 2 nitrogen and oxygen atoms in total. The molecule has 1 heterocycles. The van der Waals surface area contributed by atoms with Crippen LogP contribution in [0.4, 0.5) is 4.39 Å². The zero-order valence-corrected chi connectivity index (χ0v) is 13.4. The number of benzene rings is 1. The van der Waals surface area contributed by atoms with Crippen LogP contribution in [0.2, 0.25) is 0 Å². The Bertz CT molecular complexity index is 633. The normalized spacial score (nSPS) is 11.0. The Kier molecular flexibility index (Phi) is 4.85. The van der Waals surface area contributed by atoms with Gasteiger partial charge >= 0.3 is 0 Å². The van der Waals surface area contributed by atoms with Crippen LogP contribution in [-0.4, -0.2) is 21.1 Å². The number of aromatic amines is 1. The fourth-order valence-electron chi connectivity index (χ4n) is 1.70. The first-order valence-electron chi connectivity index (χ1n) is 5.39. The molecule has 0 unspecified atom stereocenters. The lowest BCUT2D eigenvalue weighted by Crippen LogP contribution is -2.01. The molecule has 0 radical (unpaired) electrons. The highest BCUT2D eigenvalue weighted by Crippen LogP contribution is 2.21. The maximum absolute atomic E-state index is 13.6. The molecule has 1 N–H and O–H groups in total. The van der Waals surface area contributed by atoms with Crippen molar-refractivity contribution >= 4 is 57.6 Å². The maximum atomic E-state index is 13.6. The van der Waals surface area contributed by atoms with Gasteiger partial charge in [0.05, 0.1) is 14.6 Å². The summed E-state index contributed by atoms with van der Waals surface area (Å²) in [5.74, 6) is 1.65. The van der Waals surface area contributed by atoms with Gasteiger partial charge in [-0.25, -0.2) is 4.39 Å². The lowest BCUT2D eigenvalue weighted by Gasteiger charge is -2.04. The Hall–Kier alpha value is -0.340. The molecule has 18 heavy (non-hydrogen) atoms. The fraction of sp³-hybridized carbons (Fsp3) is 0.250. The Morgan fingerprint density at radius 1 is 1.56 bits per heavy atom. The first-order valence-corrected chi connectivity index (χ1v) is 8.04. The SMILES string of the molecule is C=CCSCCn1c(=S)[nH]c2cc(I)c(F)cc21. The summed E-state index contributed by atoms with van der Waals surface area (Å²) in [7, 11) is 0. The summed E-state index contributed by atoms with van der Waals surface area (Å²) in [6.07, 6.45) is 1.88. The number of aromatic nitrogens is 2. The van der Waals surface area contributed by atoms with Crippen molar-refractivity contribution in [1.29, 1.82) is 0 Å². The van der Waals surface area contributed by atoms with Crippen molar-refractivity contribution in [2.45, 2.75) is 6.54 Å². The second-order valence-electron chi connectivity index (χ2n) is 3.73. The van der Waals surface area contributed by atoms with Crippen LogP contribution in [0.15, 0.2) is 24.8 Å². The predicted molar refractivity (Wildman–Crippen MR) is 87.3 cm³/mol. The summed E-state index contributed by atoms with van der Waals surface area (Å²) in [6.45, 7) is 4.45. The molecule has 2 rings (SSSR count). The number of fused-ring (bicyclic) bond motifs is 1. The van der Waals surface area contributed by atoms with Crippen LogP contribution in [0.25, 0.3) is 11.0 Å². The van der Waals surface area contributed by atoms with Crippen LogP contribution in [0.3, 0.4) is 0 Å². The third-order valence-corrected chi connectivity index (χ3v) is 4.60. The zero-order chi connectivity index (χ0) is 13.1. The van der Waals surface area contributed by atoms with Gasteiger partial charge in [-0.2, -0.15) is 11.8 Å². The number of nitrogens with one attached hydrogen (secondary N) is 1. The monoisotopic (exact) mass is 394 g/mol. The molecule has 0 fully saturated rings. The number of halogens is 2. The number of hydrogen-bond donors (Lipinski definition) is 1. The maximum Gasteiger partial charge on any atom is 0.178 e. The molecule has 0 amide bonds. The average molecular weight is 394 g/mol. The van der Waals surface area contributed by atoms with E-state index >= 15 is 0 Å². The lowest BCUT2D eigenvalue weighted by molar-refractivity contribution is 0.621. The molecule has 1 aromatic heterocycles. The molecular weight excluding hydrogens is 382 g/mol. The largest absolute Gasteiger partial charge is 0.331 e. The van der Waals surface area contributed by atoms with Gasteiger partial charge < -0.3 is 9.55 Å². The molecular formula is C12H12FIN2S2. The third-order valence-electron chi connectivity index (χ3n) is 2.51. The van der Waals surface area contributed by atoms with Gasteiger partial charge in [0.25, 0.3) is 0 Å². The Morgan fingerprint density at radius 2 is 2.33 bits per heavy atom. The molecule has 0 saturated carbocycles. The van der Waals surface area contributed by atoms with Gasteiger partial charge in [-0.3, -0.25) is 0 Å². The number of hydrogen-bond acceptors (Lipinski definition) is 2. The highest BCUT2D eigenvalue weighted by atomic mass is 127. The number of imidazole rings is 1. The molecule has 96 valence electrons. The molecule has 0 spiro atoms. The van der Waals surface area contributed by atoms with E-state index in [1.165, 1.54) is 0 Å². The Balaban J connectivity index is 2.32. The van der Waals surface area contributed by atoms with Crippen LogP contribution >= 0.6 is 46.6 Å². The minimum Gasteiger partial charge on any atom is -0.331 e. The first kappa shape index (κ1) is 14.1. The van der Waals surface area contributed by atoms with E-state index in [0.29, 0.717) is 8.34 Å². The Morgan fingerprint density at radius 3 is 3.06 bits per heavy atom. The van der Waals surface area contributed by atoms with Crippen LogP contribution in [0, 0.1) is 14.2 Å². The highest BCUT2D eigenvalue weighted by molar-refractivity contribution is 14.1. The first-order chi connectivity index (χ1) is 8.63. The van der Waals surface area contributed by atoms with E-state index in [1.54, 1.807) is 23.9 Å². The van der Waals surface area contributed by atoms with Crippen LogP contribution in [0.5, 0.6) is 0 Å². The zero-order valence-electron chi connectivity index (χ0n) is 9.58. The predicted octanol–water partition coefficient (Wildman–Crippen LogP) is 4.36. The van der Waals surface area contributed by atoms with E-state index in [-0.39, 0.29) is 5.82 Å². The minimum atomic E-state index is -0.204. The van der Waals surface area contributed by atoms with E-state index in [9.17, 15) is 4.39 Å².